The zero-order chi connectivity index (χ0) is 17.8. The standard InChI is InChI=1S/C20H17N5O/c1-14-7-9-15(10-8-14)11-22-19-17(12-21-13-23-19)20-24-18(25-26-20)16-5-3-2-4-6-16/h2-10,12-13H,11H2,1H3,(H,21,22,23). The molecule has 0 spiro atoms. The average molecular weight is 343 g/mol. The molecule has 0 saturated carbocycles. The first kappa shape index (κ1) is 16.0. The number of aromatic nitrogens is 4. The van der Waals surface area contributed by atoms with Gasteiger partial charge in [-0.1, -0.05) is 65.3 Å². The Morgan fingerprint density at radius 1 is 1.00 bits per heavy atom. The van der Waals surface area contributed by atoms with Crippen LogP contribution in [0.3, 0.4) is 0 Å². The van der Waals surface area contributed by atoms with Gasteiger partial charge >= 0.3 is 0 Å². The first-order chi connectivity index (χ1) is 12.8. The van der Waals surface area contributed by atoms with Crippen molar-refractivity contribution in [3.8, 4) is 22.8 Å². The summed E-state index contributed by atoms with van der Waals surface area (Å²) in [6, 6.07) is 18.0. The smallest absolute Gasteiger partial charge is 0.263 e. The highest BCUT2D eigenvalue weighted by Crippen LogP contribution is 2.26. The van der Waals surface area contributed by atoms with Crippen LogP contribution < -0.4 is 5.32 Å². The fraction of sp³-hybridized carbons (Fsp3) is 0.100. The molecule has 2 aromatic heterocycles. The largest absolute Gasteiger partial charge is 0.365 e. The van der Waals surface area contributed by atoms with E-state index < -0.39 is 0 Å². The van der Waals surface area contributed by atoms with Gasteiger partial charge in [-0.2, -0.15) is 4.98 Å². The SMILES string of the molecule is Cc1ccc(CNc2ncncc2-c2nc(-c3ccccc3)no2)cc1. The van der Waals surface area contributed by atoms with Gasteiger partial charge in [0.05, 0.1) is 0 Å². The van der Waals surface area contributed by atoms with E-state index in [9.17, 15) is 0 Å². The molecule has 0 aliphatic carbocycles. The molecule has 1 N–H and O–H groups in total. The number of aryl methyl sites for hydroxylation is 1. The Balaban J connectivity index is 1.58. The lowest BCUT2D eigenvalue weighted by molar-refractivity contribution is 0.432. The molecule has 0 atom stereocenters. The molecule has 2 heterocycles. The van der Waals surface area contributed by atoms with Crippen molar-refractivity contribution in [2.45, 2.75) is 13.5 Å². The van der Waals surface area contributed by atoms with Crippen molar-refractivity contribution in [2.75, 3.05) is 5.32 Å². The topological polar surface area (TPSA) is 76.7 Å². The first-order valence-electron chi connectivity index (χ1n) is 8.28. The van der Waals surface area contributed by atoms with E-state index in [2.05, 4.69) is 56.6 Å². The second kappa shape index (κ2) is 7.14. The summed E-state index contributed by atoms with van der Waals surface area (Å²) in [5, 5.41) is 7.38. The second-order valence-electron chi connectivity index (χ2n) is 5.91. The number of rotatable bonds is 5. The van der Waals surface area contributed by atoms with Crippen LogP contribution in [0.25, 0.3) is 22.8 Å². The summed E-state index contributed by atoms with van der Waals surface area (Å²) in [4.78, 5) is 12.9. The lowest BCUT2D eigenvalue weighted by Crippen LogP contribution is -2.03. The highest BCUT2D eigenvalue weighted by molar-refractivity contribution is 5.69. The Morgan fingerprint density at radius 2 is 1.81 bits per heavy atom. The molecule has 0 radical (unpaired) electrons. The van der Waals surface area contributed by atoms with Crippen LogP contribution in [0.4, 0.5) is 5.82 Å². The van der Waals surface area contributed by atoms with Crippen molar-refractivity contribution in [3.05, 3.63) is 78.2 Å². The Hall–Kier alpha value is -3.54. The van der Waals surface area contributed by atoms with Crippen LogP contribution in [0, 0.1) is 6.92 Å². The molecule has 4 aromatic rings. The maximum absolute atomic E-state index is 5.43. The molecule has 2 aromatic carbocycles. The maximum Gasteiger partial charge on any atom is 0.263 e. The van der Waals surface area contributed by atoms with Crippen molar-refractivity contribution in [3.63, 3.8) is 0 Å². The quantitative estimate of drug-likeness (QED) is 0.587. The minimum atomic E-state index is 0.385. The Kier molecular flexibility index (Phi) is 4.38. The molecule has 0 aliphatic rings. The minimum Gasteiger partial charge on any atom is -0.365 e. The van der Waals surface area contributed by atoms with Crippen LogP contribution in [-0.4, -0.2) is 20.1 Å². The zero-order valence-electron chi connectivity index (χ0n) is 14.3. The number of benzene rings is 2. The number of hydrogen-bond acceptors (Lipinski definition) is 6. The van der Waals surface area contributed by atoms with E-state index in [4.69, 9.17) is 4.52 Å². The van der Waals surface area contributed by atoms with Crippen LogP contribution in [0.2, 0.25) is 0 Å². The molecular weight excluding hydrogens is 326 g/mol. The van der Waals surface area contributed by atoms with E-state index in [1.807, 2.05) is 30.3 Å². The molecule has 6 nitrogen and oxygen atoms in total. The molecule has 128 valence electrons. The van der Waals surface area contributed by atoms with E-state index in [1.165, 1.54) is 11.9 Å². The summed E-state index contributed by atoms with van der Waals surface area (Å²) in [6.45, 7) is 2.71. The normalized spacial score (nSPS) is 10.7. The summed E-state index contributed by atoms with van der Waals surface area (Å²) >= 11 is 0. The van der Waals surface area contributed by atoms with Gasteiger partial charge in [0.2, 0.25) is 5.82 Å². The van der Waals surface area contributed by atoms with Crippen LogP contribution >= 0.6 is 0 Å². The molecule has 6 heteroatoms. The minimum absolute atomic E-state index is 0.385. The Labute approximate surface area is 151 Å². The van der Waals surface area contributed by atoms with Crippen molar-refractivity contribution in [1.29, 1.82) is 0 Å². The maximum atomic E-state index is 5.43. The fourth-order valence-corrected chi connectivity index (χ4v) is 2.56. The van der Waals surface area contributed by atoms with Crippen molar-refractivity contribution >= 4 is 5.82 Å². The Bertz CT molecular complexity index is 996. The van der Waals surface area contributed by atoms with E-state index in [0.29, 0.717) is 29.6 Å². The van der Waals surface area contributed by atoms with Gasteiger partial charge in [-0.05, 0) is 12.5 Å². The van der Waals surface area contributed by atoms with E-state index in [0.717, 1.165) is 11.1 Å². The third kappa shape index (κ3) is 3.44. The summed E-state index contributed by atoms with van der Waals surface area (Å²) in [5.74, 6) is 1.58. The highest BCUT2D eigenvalue weighted by atomic mass is 16.5. The summed E-state index contributed by atoms with van der Waals surface area (Å²) in [6.07, 6.45) is 3.17. The third-order valence-corrected chi connectivity index (χ3v) is 3.98. The number of nitrogens with one attached hydrogen (secondary N) is 1. The van der Waals surface area contributed by atoms with Gasteiger partial charge in [-0.15, -0.1) is 0 Å². The lowest BCUT2D eigenvalue weighted by atomic mass is 10.1. The molecule has 0 fully saturated rings. The van der Waals surface area contributed by atoms with Crippen LogP contribution in [0.1, 0.15) is 11.1 Å². The molecular formula is C20H17N5O. The number of nitrogens with zero attached hydrogens (tertiary/aromatic N) is 4. The predicted octanol–water partition coefficient (Wildman–Crippen LogP) is 4.11. The summed E-state index contributed by atoms with van der Waals surface area (Å²) in [7, 11) is 0. The average Bonchev–Trinajstić information content (AvgIpc) is 3.19. The zero-order valence-corrected chi connectivity index (χ0v) is 14.3. The van der Waals surface area contributed by atoms with Crippen molar-refractivity contribution in [1.82, 2.24) is 20.1 Å². The van der Waals surface area contributed by atoms with Gasteiger partial charge in [-0.3, -0.25) is 0 Å². The fourth-order valence-electron chi connectivity index (χ4n) is 2.56. The lowest BCUT2D eigenvalue weighted by Gasteiger charge is -2.08. The van der Waals surface area contributed by atoms with E-state index in [-0.39, 0.29) is 0 Å². The van der Waals surface area contributed by atoms with Gasteiger partial charge in [0.25, 0.3) is 5.89 Å². The van der Waals surface area contributed by atoms with Crippen molar-refractivity contribution < 1.29 is 4.52 Å². The highest BCUT2D eigenvalue weighted by Gasteiger charge is 2.15. The van der Waals surface area contributed by atoms with Gasteiger partial charge in [-0.25, -0.2) is 9.97 Å². The number of anilines is 1. The van der Waals surface area contributed by atoms with E-state index in [1.54, 1.807) is 6.20 Å². The van der Waals surface area contributed by atoms with E-state index >= 15 is 0 Å². The van der Waals surface area contributed by atoms with Crippen LogP contribution in [-0.2, 0) is 6.54 Å². The molecule has 0 aliphatic heterocycles. The summed E-state index contributed by atoms with van der Waals surface area (Å²) < 4.78 is 5.43. The van der Waals surface area contributed by atoms with Crippen molar-refractivity contribution in [2.24, 2.45) is 0 Å². The Morgan fingerprint density at radius 3 is 2.62 bits per heavy atom. The molecule has 0 unspecified atom stereocenters. The van der Waals surface area contributed by atoms with Crippen LogP contribution in [0.15, 0.2) is 71.6 Å². The second-order valence-corrected chi connectivity index (χ2v) is 5.91. The molecule has 26 heavy (non-hydrogen) atoms. The van der Waals surface area contributed by atoms with Gasteiger partial charge in [0.1, 0.15) is 17.7 Å². The predicted molar refractivity (Wildman–Crippen MR) is 99.3 cm³/mol. The van der Waals surface area contributed by atoms with Gasteiger partial charge in [0, 0.05) is 18.3 Å². The first-order valence-corrected chi connectivity index (χ1v) is 8.28. The third-order valence-electron chi connectivity index (χ3n) is 3.98. The number of hydrogen-bond donors (Lipinski definition) is 1. The molecule has 0 saturated heterocycles. The molecule has 0 bridgehead atoms. The molecule has 4 rings (SSSR count). The van der Waals surface area contributed by atoms with Crippen LogP contribution in [0.5, 0.6) is 0 Å². The van der Waals surface area contributed by atoms with Gasteiger partial charge < -0.3 is 9.84 Å². The summed E-state index contributed by atoms with van der Waals surface area (Å²) in [5.41, 5.74) is 3.97. The monoisotopic (exact) mass is 343 g/mol. The molecule has 0 amide bonds. The van der Waals surface area contributed by atoms with Gasteiger partial charge in [0.15, 0.2) is 0 Å².